The molecule has 0 radical (unpaired) electrons. The smallest absolute Gasteiger partial charge is 0.312 e. The molecule has 5 rings (SSSR count). The number of anilines is 1. The number of hydrogen-bond acceptors (Lipinski definition) is 3. The molecule has 1 amide bonds. The minimum absolute atomic E-state index is 0.0342. The molecule has 4 atom stereocenters. The van der Waals surface area contributed by atoms with E-state index in [0.717, 1.165) is 32.1 Å². The summed E-state index contributed by atoms with van der Waals surface area (Å²) >= 11 is 12.5. The highest BCUT2D eigenvalue weighted by Gasteiger charge is 2.60. The minimum Gasteiger partial charge on any atom is -0.455 e. The summed E-state index contributed by atoms with van der Waals surface area (Å²) in [5, 5.41) is 2.69. The molecule has 0 heterocycles. The number of alkyl halides is 1. The molecule has 0 saturated heterocycles. The molecule has 4 bridgehead atoms. The van der Waals surface area contributed by atoms with Crippen molar-refractivity contribution in [2.24, 2.45) is 17.3 Å². The van der Waals surface area contributed by atoms with Crippen LogP contribution in [0, 0.1) is 23.1 Å². The van der Waals surface area contributed by atoms with Crippen molar-refractivity contribution in [3.63, 3.8) is 0 Å². The summed E-state index contributed by atoms with van der Waals surface area (Å²) in [5.41, 5.74) is -0.596. The fraction of sp³-hybridized carbons (Fsp3) is 0.579. The summed E-state index contributed by atoms with van der Waals surface area (Å²) in [5.74, 6) is -0.603. The van der Waals surface area contributed by atoms with Gasteiger partial charge in [-0.15, -0.1) is 11.6 Å². The molecule has 0 aromatic heterocycles. The number of benzene rings is 1. The Hall–Kier alpha value is -1.33. The maximum absolute atomic E-state index is 13.7. The van der Waals surface area contributed by atoms with Crippen LogP contribution in [0.4, 0.5) is 10.1 Å². The van der Waals surface area contributed by atoms with Crippen molar-refractivity contribution in [2.45, 2.75) is 43.4 Å². The van der Waals surface area contributed by atoms with Crippen LogP contribution >= 0.6 is 23.2 Å². The van der Waals surface area contributed by atoms with E-state index in [1.807, 2.05) is 0 Å². The third-order valence-corrected chi connectivity index (χ3v) is 6.64. The predicted octanol–water partition coefficient (Wildman–Crippen LogP) is 4.54. The van der Waals surface area contributed by atoms with Gasteiger partial charge >= 0.3 is 5.97 Å². The molecule has 4 saturated carbocycles. The number of ether oxygens (including phenoxy) is 1. The first kappa shape index (κ1) is 18.1. The van der Waals surface area contributed by atoms with Gasteiger partial charge in [-0.2, -0.15) is 0 Å². The average molecular weight is 400 g/mol. The number of nitrogens with one attached hydrogen (secondary N) is 1. The van der Waals surface area contributed by atoms with Crippen LogP contribution in [0.1, 0.15) is 38.5 Å². The Balaban J connectivity index is 1.38. The molecule has 1 aromatic rings. The van der Waals surface area contributed by atoms with Gasteiger partial charge in [0.2, 0.25) is 0 Å². The standard InChI is InChI=1S/C19H20Cl2FNO3/c20-13-1-2-14(22)15(4-13)23-16(24)9-26-17(25)18-5-11-3-12(6-18)8-19(21,7-11)10-18/h1-2,4,11-12H,3,5-10H2,(H,23,24)/t11-,12+,18?,19?. The number of amides is 1. The van der Waals surface area contributed by atoms with E-state index in [1.165, 1.54) is 18.2 Å². The van der Waals surface area contributed by atoms with Crippen LogP contribution in [-0.4, -0.2) is 23.4 Å². The topological polar surface area (TPSA) is 55.4 Å². The molecule has 140 valence electrons. The van der Waals surface area contributed by atoms with Gasteiger partial charge in [-0.05, 0) is 68.6 Å². The summed E-state index contributed by atoms with van der Waals surface area (Å²) < 4.78 is 19.0. The van der Waals surface area contributed by atoms with Crippen LogP contribution in [0.15, 0.2) is 18.2 Å². The molecular weight excluding hydrogens is 380 g/mol. The van der Waals surface area contributed by atoms with E-state index in [2.05, 4.69) is 5.32 Å². The number of hydrogen-bond donors (Lipinski definition) is 1. The van der Waals surface area contributed by atoms with Crippen LogP contribution in [0.25, 0.3) is 0 Å². The Morgan fingerprint density at radius 2 is 1.92 bits per heavy atom. The highest BCUT2D eigenvalue weighted by atomic mass is 35.5. The zero-order valence-electron chi connectivity index (χ0n) is 14.2. The van der Waals surface area contributed by atoms with Crippen molar-refractivity contribution in [3.05, 3.63) is 29.0 Å². The Kier molecular flexibility index (Phi) is 4.43. The highest BCUT2D eigenvalue weighted by Crippen LogP contribution is 2.64. The van der Waals surface area contributed by atoms with Crippen molar-refractivity contribution >= 4 is 40.8 Å². The molecule has 4 fully saturated rings. The molecule has 0 spiro atoms. The maximum atomic E-state index is 13.7. The van der Waals surface area contributed by atoms with Crippen LogP contribution < -0.4 is 5.32 Å². The Morgan fingerprint density at radius 1 is 1.23 bits per heavy atom. The molecule has 4 nitrogen and oxygen atoms in total. The second-order valence-electron chi connectivity index (χ2n) is 8.14. The van der Waals surface area contributed by atoms with Crippen LogP contribution in [0.2, 0.25) is 5.02 Å². The second kappa shape index (κ2) is 6.38. The second-order valence-corrected chi connectivity index (χ2v) is 9.38. The number of carbonyl (C=O) groups is 2. The van der Waals surface area contributed by atoms with Crippen molar-refractivity contribution in [3.8, 4) is 0 Å². The zero-order valence-corrected chi connectivity index (χ0v) is 15.7. The molecule has 4 aliphatic carbocycles. The number of halogens is 3. The van der Waals surface area contributed by atoms with Crippen LogP contribution in [-0.2, 0) is 14.3 Å². The molecular formula is C19H20Cl2FNO3. The van der Waals surface area contributed by atoms with E-state index in [9.17, 15) is 14.0 Å². The monoisotopic (exact) mass is 399 g/mol. The van der Waals surface area contributed by atoms with Gasteiger partial charge < -0.3 is 10.1 Å². The van der Waals surface area contributed by atoms with E-state index in [-0.39, 0.29) is 16.5 Å². The third kappa shape index (κ3) is 3.31. The molecule has 4 aliphatic rings. The summed E-state index contributed by atoms with van der Waals surface area (Å²) in [6.07, 6.45) is 5.28. The zero-order chi connectivity index (χ0) is 18.5. The first-order valence-electron chi connectivity index (χ1n) is 8.88. The van der Waals surface area contributed by atoms with E-state index < -0.39 is 23.7 Å². The molecule has 7 heteroatoms. The van der Waals surface area contributed by atoms with Gasteiger partial charge in [0.25, 0.3) is 5.91 Å². The Morgan fingerprint density at radius 3 is 2.58 bits per heavy atom. The van der Waals surface area contributed by atoms with Gasteiger partial charge in [0.1, 0.15) is 5.82 Å². The quantitative estimate of drug-likeness (QED) is 0.597. The Labute approximate surface area is 161 Å². The van der Waals surface area contributed by atoms with Gasteiger partial charge in [0.15, 0.2) is 6.61 Å². The summed E-state index contributed by atoms with van der Waals surface area (Å²) in [6, 6.07) is 3.87. The van der Waals surface area contributed by atoms with Crippen molar-refractivity contribution in [2.75, 3.05) is 11.9 Å². The first-order chi connectivity index (χ1) is 12.3. The lowest BCUT2D eigenvalue weighted by Gasteiger charge is -2.58. The first-order valence-corrected chi connectivity index (χ1v) is 9.64. The number of carbonyl (C=O) groups excluding carboxylic acids is 2. The van der Waals surface area contributed by atoms with Gasteiger partial charge in [-0.1, -0.05) is 11.6 Å². The lowest BCUT2D eigenvalue weighted by atomic mass is 9.49. The van der Waals surface area contributed by atoms with Gasteiger partial charge in [-0.25, -0.2) is 4.39 Å². The van der Waals surface area contributed by atoms with E-state index in [1.54, 1.807) is 0 Å². The maximum Gasteiger partial charge on any atom is 0.312 e. The van der Waals surface area contributed by atoms with E-state index in [4.69, 9.17) is 27.9 Å². The molecule has 26 heavy (non-hydrogen) atoms. The lowest BCUT2D eigenvalue weighted by Crippen LogP contribution is -2.56. The highest BCUT2D eigenvalue weighted by molar-refractivity contribution is 6.30. The summed E-state index contributed by atoms with van der Waals surface area (Å²) in [7, 11) is 0. The minimum atomic E-state index is -0.598. The average Bonchev–Trinajstić information content (AvgIpc) is 2.53. The fourth-order valence-electron chi connectivity index (χ4n) is 5.45. The summed E-state index contributed by atoms with van der Waals surface area (Å²) in [6.45, 7) is -0.447. The molecule has 1 N–H and O–H groups in total. The van der Waals surface area contributed by atoms with Gasteiger partial charge in [0, 0.05) is 9.90 Å². The third-order valence-electron chi connectivity index (χ3n) is 5.96. The SMILES string of the molecule is O=C(COC(=O)C12C[C@@H]3C[C@@H](CC(Cl)(C3)C1)C2)Nc1cc(Cl)ccc1F. The van der Waals surface area contributed by atoms with Crippen molar-refractivity contribution < 1.29 is 18.7 Å². The van der Waals surface area contributed by atoms with E-state index >= 15 is 0 Å². The van der Waals surface area contributed by atoms with Crippen LogP contribution in [0.5, 0.6) is 0 Å². The van der Waals surface area contributed by atoms with Crippen molar-refractivity contribution in [1.82, 2.24) is 0 Å². The van der Waals surface area contributed by atoms with Gasteiger partial charge in [-0.3, -0.25) is 9.59 Å². The van der Waals surface area contributed by atoms with Crippen molar-refractivity contribution in [1.29, 1.82) is 0 Å². The fourth-order valence-corrected chi connectivity index (χ4v) is 6.32. The van der Waals surface area contributed by atoms with Crippen LogP contribution in [0.3, 0.4) is 0 Å². The molecule has 0 aliphatic heterocycles. The van der Waals surface area contributed by atoms with Gasteiger partial charge in [0.05, 0.1) is 11.1 Å². The largest absolute Gasteiger partial charge is 0.455 e. The van der Waals surface area contributed by atoms with E-state index in [0.29, 0.717) is 23.3 Å². The lowest BCUT2D eigenvalue weighted by molar-refractivity contribution is -0.171. The normalized spacial score (nSPS) is 34.6. The summed E-state index contributed by atoms with van der Waals surface area (Å²) in [4.78, 5) is 24.5. The molecule has 2 unspecified atom stereocenters. The number of rotatable bonds is 4. The predicted molar refractivity (Wildman–Crippen MR) is 96.7 cm³/mol. The Bertz CT molecular complexity index is 755. The number of esters is 1. The molecule has 1 aromatic carbocycles.